The van der Waals surface area contributed by atoms with Crippen molar-refractivity contribution in [3.8, 4) is 16.5 Å². The topological polar surface area (TPSA) is 35.8 Å². The van der Waals surface area contributed by atoms with Crippen LogP contribution in [0.3, 0.4) is 0 Å². The van der Waals surface area contributed by atoms with E-state index < -0.39 is 0 Å². The van der Waals surface area contributed by atoms with Gasteiger partial charge >= 0.3 is 0 Å². The molecule has 1 aromatic heterocycles. The average Bonchev–Trinajstić information content (AvgIpc) is 2.89. The first-order valence-electron chi connectivity index (χ1n) is 6.55. The van der Waals surface area contributed by atoms with Crippen molar-refractivity contribution in [3.63, 3.8) is 0 Å². The van der Waals surface area contributed by atoms with E-state index in [9.17, 15) is 0 Å². The Bertz CT molecular complexity index is 593. The number of thiophene rings is 1. The summed E-state index contributed by atoms with van der Waals surface area (Å²) in [4.78, 5) is 1.94. The van der Waals surface area contributed by atoms with E-state index in [1.165, 1.54) is 21.6 Å². The third-order valence-electron chi connectivity index (χ3n) is 2.99. The Labute approximate surface area is 118 Å². The van der Waals surface area contributed by atoms with Crippen LogP contribution in [0.25, 0.3) is 10.4 Å². The molecule has 0 fully saturated rings. The Hall–Kier alpha value is -1.63. The molecule has 2 nitrogen and oxygen atoms in total. The Morgan fingerprint density at radius 3 is 2.79 bits per heavy atom. The number of rotatable bonds is 5. The van der Waals surface area contributed by atoms with Crippen molar-refractivity contribution in [2.45, 2.75) is 26.8 Å². The molecule has 0 atom stereocenters. The summed E-state index contributed by atoms with van der Waals surface area (Å²) >= 11 is 1.56. The van der Waals surface area contributed by atoms with Gasteiger partial charge in [-0.15, -0.1) is 11.3 Å². The lowest BCUT2D eigenvalue weighted by molar-refractivity contribution is 0.676. The molecule has 19 heavy (non-hydrogen) atoms. The zero-order valence-corrected chi connectivity index (χ0v) is 12.2. The number of nitrogens with one attached hydrogen (secondary N) is 1. The third-order valence-corrected chi connectivity index (χ3v) is 4.01. The SMILES string of the molecule is CCCNCc1ccc(C)cc1-c1ccc(C#N)s1. The van der Waals surface area contributed by atoms with Gasteiger partial charge in [-0.3, -0.25) is 0 Å². The third kappa shape index (κ3) is 3.44. The highest BCUT2D eigenvalue weighted by atomic mass is 32.1. The molecular formula is C16H18N2S. The van der Waals surface area contributed by atoms with Gasteiger partial charge in [0.1, 0.15) is 10.9 Å². The van der Waals surface area contributed by atoms with E-state index in [2.05, 4.69) is 43.4 Å². The van der Waals surface area contributed by atoms with Crippen molar-refractivity contribution in [2.24, 2.45) is 0 Å². The van der Waals surface area contributed by atoms with Crippen LogP contribution in [0.2, 0.25) is 0 Å². The van der Waals surface area contributed by atoms with Crippen molar-refractivity contribution in [1.29, 1.82) is 5.26 Å². The van der Waals surface area contributed by atoms with Crippen molar-refractivity contribution in [3.05, 3.63) is 46.3 Å². The second-order valence-corrected chi connectivity index (χ2v) is 5.70. The number of aryl methyl sites for hydroxylation is 1. The van der Waals surface area contributed by atoms with Crippen LogP contribution in [0, 0.1) is 18.3 Å². The maximum Gasteiger partial charge on any atom is 0.110 e. The predicted molar refractivity (Wildman–Crippen MR) is 81.2 cm³/mol. The molecule has 3 heteroatoms. The minimum atomic E-state index is 0.768. The van der Waals surface area contributed by atoms with Crippen LogP contribution in [-0.2, 0) is 6.54 Å². The lowest BCUT2D eigenvalue weighted by Crippen LogP contribution is -2.14. The van der Waals surface area contributed by atoms with Gasteiger partial charge in [-0.05, 0) is 43.1 Å². The number of hydrogen-bond acceptors (Lipinski definition) is 3. The summed E-state index contributed by atoms with van der Waals surface area (Å²) in [6.07, 6.45) is 1.14. The second kappa shape index (κ2) is 6.51. The summed E-state index contributed by atoms with van der Waals surface area (Å²) in [6, 6.07) is 12.7. The van der Waals surface area contributed by atoms with E-state index in [1.54, 1.807) is 11.3 Å². The minimum absolute atomic E-state index is 0.768. The summed E-state index contributed by atoms with van der Waals surface area (Å²) in [7, 11) is 0. The fraction of sp³-hybridized carbons (Fsp3) is 0.312. The molecule has 0 amide bonds. The predicted octanol–water partition coefficient (Wildman–Crippen LogP) is 4.09. The van der Waals surface area contributed by atoms with Crippen molar-refractivity contribution in [2.75, 3.05) is 6.54 Å². The number of hydrogen-bond donors (Lipinski definition) is 1. The molecule has 0 spiro atoms. The maximum atomic E-state index is 8.94. The molecule has 1 N–H and O–H groups in total. The lowest BCUT2D eigenvalue weighted by atomic mass is 10.0. The minimum Gasteiger partial charge on any atom is -0.313 e. The van der Waals surface area contributed by atoms with Gasteiger partial charge in [0.15, 0.2) is 0 Å². The van der Waals surface area contributed by atoms with Gasteiger partial charge in [0.2, 0.25) is 0 Å². The van der Waals surface area contributed by atoms with E-state index in [-0.39, 0.29) is 0 Å². The average molecular weight is 270 g/mol. The van der Waals surface area contributed by atoms with Gasteiger partial charge in [0.25, 0.3) is 0 Å². The van der Waals surface area contributed by atoms with Gasteiger partial charge in [-0.1, -0.05) is 30.7 Å². The van der Waals surface area contributed by atoms with Crippen LogP contribution in [0.15, 0.2) is 30.3 Å². The first-order chi connectivity index (χ1) is 9.24. The first-order valence-corrected chi connectivity index (χ1v) is 7.36. The smallest absolute Gasteiger partial charge is 0.110 e. The number of nitriles is 1. The summed E-state index contributed by atoms with van der Waals surface area (Å²) < 4.78 is 0. The molecule has 0 saturated carbocycles. The molecule has 0 bridgehead atoms. The van der Waals surface area contributed by atoms with Gasteiger partial charge < -0.3 is 5.32 Å². The Morgan fingerprint density at radius 2 is 2.11 bits per heavy atom. The normalized spacial score (nSPS) is 10.4. The van der Waals surface area contributed by atoms with Crippen LogP contribution < -0.4 is 5.32 Å². The Balaban J connectivity index is 2.31. The maximum absolute atomic E-state index is 8.94. The summed E-state index contributed by atoms with van der Waals surface area (Å²) in [5.74, 6) is 0. The zero-order valence-electron chi connectivity index (χ0n) is 11.4. The fourth-order valence-corrected chi connectivity index (χ4v) is 2.87. The van der Waals surface area contributed by atoms with Crippen LogP contribution in [0.1, 0.15) is 29.3 Å². The molecule has 1 heterocycles. The monoisotopic (exact) mass is 270 g/mol. The van der Waals surface area contributed by atoms with E-state index in [0.29, 0.717) is 0 Å². The molecule has 0 aliphatic rings. The van der Waals surface area contributed by atoms with Crippen molar-refractivity contribution >= 4 is 11.3 Å². The standard InChI is InChI=1S/C16H18N2S/c1-3-8-18-11-13-5-4-12(2)9-15(13)16-7-6-14(10-17)19-16/h4-7,9,18H,3,8,11H2,1-2H3. The highest BCUT2D eigenvalue weighted by molar-refractivity contribution is 7.16. The van der Waals surface area contributed by atoms with E-state index in [0.717, 1.165) is 24.4 Å². The molecule has 0 saturated heterocycles. The largest absolute Gasteiger partial charge is 0.313 e. The molecule has 0 aliphatic heterocycles. The molecule has 0 unspecified atom stereocenters. The van der Waals surface area contributed by atoms with Crippen LogP contribution in [0.5, 0.6) is 0 Å². The van der Waals surface area contributed by atoms with Crippen LogP contribution in [0.4, 0.5) is 0 Å². The van der Waals surface area contributed by atoms with Gasteiger partial charge in [-0.2, -0.15) is 5.26 Å². The van der Waals surface area contributed by atoms with Crippen molar-refractivity contribution < 1.29 is 0 Å². The highest BCUT2D eigenvalue weighted by Crippen LogP contribution is 2.31. The van der Waals surface area contributed by atoms with Gasteiger partial charge in [0.05, 0.1) is 0 Å². The van der Waals surface area contributed by atoms with E-state index in [4.69, 9.17) is 5.26 Å². The number of nitrogens with zero attached hydrogens (tertiary/aromatic N) is 1. The molecule has 0 radical (unpaired) electrons. The number of benzene rings is 1. The second-order valence-electron chi connectivity index (χ2n) is 4.61. The zero-order chi connectivity index (χ0) is 13.7. The first kappa shape index (κ1) is 13.8. The molecule has 98 valence electrons. The van der Waals surface area contributed by atoms with E-state index >= 15 is 0 Å². The molecular weight excluding hydrogens is 252 g/mol. The fourth-order valence-electron chi connectivity index (χ4n) is 2.02. The molecule has 2 aromatic rings. The van der Waals surface area contributed by atoms with Crippen LogP contribution >= 0.6 is 11.3 Å². The quantitative estimate of drug-likeness (QED) is 0.830. The summed E-state index contributed by atoms with van der Waals surface area (Å²) in [5.41, 5.74) is 3.79. The van der Waals surface area contributed by atoms with E-state index in [1.807, 2.05) is 12.1 Å². The summed E-state index contributed by atoms with van der Waals surface area (Å²) in [6.45, 7) is 6.18. The Kier molecular flexibility index (Phi) is 4.73. The summed E-state index contributed by atoms with van der Waals surface area (Å²) in [5, 5.41) is 12.4. The highest BCUT2D eigenvalue weighted by Gasteiger charge is 2.08. The van der Waals surface area contributed by atoms with Gasteiger partial charge in [-0.25, -0.2) is 0 Å². The lowest BCUT2D eigenvalue weighted by Gasteiger charge is -2.10. The van der Waals surface area contributed by atoms with Crippen LogP contribution in [-0.4, -0.2) is 6.54 Å². The molecule has 0 aliphatic carbocycles. The Morgan fingerprint density at radius 1 is 1.26 bits per heavy atom. The van der Waals surface area contributed by atoms with Crippen molar-refractivity contribution in [1.82, 2.24) is 5.32 Å². The van der Waals surface area contributed by atoms with Gasteiger partial charge in [0, 0.05) is 11.4 Å². The molecule has 1 aromatic carbocycles. The molecule has 2 rings (SSSR count).